The number of fused-ring (bicyclic) bond motifs is 1. The molecule has 39 heavy (non-hydrogen) atoms. The molecule has 0 aromatic heterocycles. The van der Waals surface area contributed by atoms with Crippen molar-refractivity contribution in [1.29, 1.82) is 0 Å². The lowest BCUT2D eigenvalue weighted by molar-refractivity contribution is -0.352. The minimum atomic E-state index is -1.71. The number of phenols is 1. The number of hydrogen-bond donors (Lipinski definition) is 5. The number of phenolic OH excluding ortho intramolecular Hbond substituents is 1. The van der Waals surface area contributed by atoms with Gasteiger partial charge in [-0.2, -0.15) is 0 Å². The van der Waals surface area contributed by atoms with E-state index >= 15 is 0 Å². The zero-order chi connectivity index (χ0) is 28.3. The molecule has 3 heterocycles. The number of carbonyl (C=O) groups excluding carboxylic acids is 2. The van der Waals surface area contributed by atoms with Crippen LogP contribution in [-0.4, -0.2) is 101 Å². The maximum absolute atomic E-state index is 12.3. The summed E-state index contributed by atoms with van der Waals surface area (Å²) in [6.45, 7) is 1.18. The van der Waals surface area contributed by atoms with Crippen LogP contribution < -0.4 is 0 Å². The van der Waals surface area contributed by atoms with Crippen LogP contribution in [0.25, 0.3) is 6.08 Å². The van der Waals surface area contributed by atoms with Gasteiger partial charge in [-0.25, -0.2) is 9.59 Å². The summed E-state index contributed by atoms with van der Waals surface area (Å²) in [5.74, 6) is -2.52. The SMILES string of the molecule is COC(=O)C1=CO[C@H](O[C@@H]2O[C@H](COC(=O)/C=C\c3ccc(O)cc3)[C@@H](O)[C@H](O)[C@H]2O)[C@H]2[C@H](C)O[C@H](O)C[C@H]12. The van der Waals surface area contributed by atoms with Crippen LogP contribution >= 0.6 is 0 Å². The van der Waals surface area contributed by atoms with Gasteiger partial charge in [-0.1, -0.05) is 12.1 Å². The Morgan fingerprint density at radius 1 is 1.03 bits per heavy atom. The molecule has 1 aromatic rings. The summed E-state index contributed by atoms with van der Waals surface area (Å²) in [5, 5.41) is 50.8. The highest BCUT2D eigenvalue weighted by Gasteiger charge is 2.51. The van der Waals surface area contributed by atoms with Crippen LogP contribution in [-0.2, 0) is 38.0 Å². The number of hydrogen-bond acceptors (Lipinski definition) is 13. The van der Waals surface area contributed by atoms with Crippen LogP contribution in [0.5, 0.6) is 5.75 Å². The predicted octanol–water partition coefficient (Wildman–Crippen LogP) is -0.454. The second-order valence-electron chi connectivity index (χ2n) is 9.49. The molecule has 10 atom stereocenters. The molecule has 3 aliphatic heterocycles. The molecule has 2 saturated heterocycles. The second kappa shape index (κ2) is 12.4. The maximum atomic E-state index is 12.3. The monoisotopic (exact) mass is 552 g/mol. The largest absolute Gasteiger partial charge is 0.508 e. The molecule has 13 nitrogen and oxygen atoms in total. The molecule has 5 N–H and O–H groups in total. The molecule has 2 fully saturated rings. The highest BCUT2D eigenvalue weighted by atomic mass is 16.8. The normalized spacial score (nSPS) is 36.4. The molecule has 0 amide bonds. The number of rotatable bonds is 7. The van der Waals surface area contributed by atoms with Gasteiger partial charge in [0.05, 0.1) is 31.0 Å². The average molecular weight is 553 g/mol. The number of benzene rings is 1. The van der Waals surface area contributed by atoms with Gasteiger partial charge in [-0.05, 0) is 30.7 Å². The molecular formula is C26H32O13. The van der Waals surface area contributed by atoms with Crippen molar-refractivity contribution in [3.8, 4) is 5.75 Å². The molecule has 4 rings (SSSR count). The van der Waals surface area contributed by atoms with E-state index in [1.165, 1.54) is 25.3 Å². The highest BCUT2D eigenvalue weighted by molar-refractivity contribution is 5.89. The van der Waals surface area contributed by atoms with Gasteiger partial charge in [0.2, 0.25) is 6.29 Å². The van der Waals surface area contributed by atoms with Crippen LogP contribution in [0.3, 0.4) is 0 Å². The van der Waals surface area contributed by atoms with Crippen molar-refractivity contribution < 1.29 is 63.5 Å². The van der Waals surface area contributed by atoms with E-state index in [-0.39, 0.29) is 17.7 Å². The van der Waals surface area contributed by atoms with Crippen LogP contribution in [0.2, 0.25) is 0 Å². The molecule has 1 aromatic carbocycles. The summed E-state index contributed by atoms with van der Waals surface area (Å²) in [4.78, 5) is 24.4. The zero-order valence-corrected chi connectivity index (χ0v) is 21.2. The molecule has 3 aliphatic rings. The topological polar surface area (TPSA) is 191 Å². The van der Waals surface area contributed by atoms with E-state index in [2.05, 4.69) is 0 Å². The summed E-state index contributed by atoms with van der Waals surface area (Å²) >= 11 is 0. The predicted molar refractivity (Wildman–Crippen MR) is 129 cm³/mol. The number of aromatic hydroxyl groups is 1. The summed E-state index contributed by atoms with van der Waals surface area (Å²) in [7, 11) is 1.22. The van der Waals surface area contributed by atoms with Gasteiger partial charge >= 0.3 is 11.9 Å². The third-order valence-corrected chi connectivity index (χ3v) is 6.93. The van der Waals surface area contributed by atoms with Gasteiger partial charge in [0.15, 0.2) is 12.6 Å². The Kier molecular flexibility index (Phi) is 9.23. The quantitative estimate of drug-likeness (QED) is 0.216. The lowest BCUT2D eigenvalue weighted by atomic mass is 9.77. The Hall–Kier alpha value is -3.04. The maximum Gasteiger partial charge on any atom is 0.337 e. The van der Waals surface area contributed by atoms with E-state index in [0.29, 0.717) is 5.56 Å². The Bertz CT molecular complexity index is 1070. The molecule has 0 unspecified atom stereocenters. The Morgan fingerprint density at radius 2 is 1.74 bits per heavy atom. The molecule has 0 spiro atoms. The molecular weight excluding hydrogens is 520 g/mol. The molecule has 214 valence electrons. The number of esters is 2. The minimum Gasteiger partial charge on any atom is -0.508 e. The first-order valence-corrected chi connectivity index (χ1v) is 12.4. The fourth-order valence-electron chi connectivity index (χ4n) is 4.86. The van der Waals surface area contributed by atoms with Gasteiger partial charge in [0.1, 0.15) is 36.8 Å². The van der Waals surface area contributed by atoms with Crippen molar-refractivity contribution in [1.82, 2.24) is 0 Å². The number of carbonyl (C=O) groups is 2. The summed E-state index contributed by atoms with van der Waals surface area (Å²) < 4.78 is 32.6. The number of ether oxygens (including phenoxy) is 6. The summed E-state index contributed by atoms with van der Waals surface area (Å²) in [6.07, 6.45) is -6.89. The van der Waals surface area contributed by atoms with Crippen LogP contribution in [0.4, 0.5) is 0 Å². The van der Waals surface area contributed by atoms with Gasteiger partial charge < -0.3 is 54.0 Å². The fourth-order valence-corrected chi connectivity index (χ4v) is 4.86. The van der Waals surface area contributed by atoms with Crippen LogP contribution in [0.1, 0.15) is 18.9 Å². The van der Waals surface area contributed by atoms with E-state index in [1.807, 2.05) is 0 Å². The Labute approximate surface area is 223 Å². The van der Waals surface area contributed by atoms with Crippen molar-refractivity contribution >= 4 is 18.0 Å². The Balaban J connectivity index is 1.42. The van der Waals surface area contributed by atoms with E-state index in [9.17, 15) is 35.1 Å². The molecule has 0 bridgehead atoms. The smallest absolute Gasteiger partial charge is 0.337 e. The average Bonchev–Trinajstić information content (AvgIpc) is 2.91. The zero-order valence-electron chi connectivity index (χ0n) is 21.2. The number of methoxy groups -OCH3 is 1. The third kappa shape index (κ3) is 6.58. The van der Waals surface area contributed by atoms with Gasteiger partial charge in [0.25, 0.3) is 0 Å². The van der Waals surface area contributed by atoms with Crippen LogP contribution in [0.15, 0.2) is 42.2 Å². The summed E-state index contributed by atoms with van der Waals surface area (Å²) in [6, 6.07) is 6.09. The molecule has 0 radical (unpaired) electrons. The van der Waals surface area contributed by atoms with E-state index in [0.717, 1.165) is 12.3 Å². The lowest BCUT2D eigenvalue weighted by Gasteiger charge is -2.47. The van der Waals surface area contributed by atoms with Crippen molar-refractivity contribution in [2.75, 3.05) is 13.7 Å². The van der Waals surface area contributed by atoms with E-state index in [4.69, 9.17) is 28.4 Å². The van der Waals surface area contributed by atoms with Gasteiger partial charge in [-0.3, -0.25) is 0 Å². The second-order valence-corrected chi connectivity index (χ2v) is 9.49. The van der Waals surface area contributed by atoms with Crippen molar-refractivity contribution in [2.45, 2.75) is 62.7 Å². The number of aliphatic hydroxyl groups excluding tert-OH is 4. The van der Waals surface area contributed by atoms with Crippen LogP contribution in [0, 0.1) is 11.8 Å². The van der Waals surface area contributed by atoms with Gasteiger partial charge in [-0.15, -0.1) is 0 Å². The van der Waals surface area contributed by atoms with E-state index < -0.39 is 79.8 Å². The summed E-state index contributed by atoms with van der Waals surface area (Å²) in [5.41, 5.74) is 0.816. The Morgan fingerprint density at radius 3 is 2.44 bits per heavy atom. The van der Waals surface area contributed by atoms with Crippen molar-refractivity contribution in [2.24, 2.45) is 11.8 Å². The van der Waals surface area contributed by atoms with Crippen molar-refractivity contribution in [3.63, 3.8) is 0 Å². The van der Waals surface area contributed by atoms with Gasteiger partial charge in [0, 0.05) is 18.4 Å². The fraction of sp³-hybridized carbons (Fsp3) is 0.538. The molecule has 0 saturated carbocycles. The molecule has 0 aliphatic carbocycles. The first-order chi connectivity index (χ1) is 18.6. The van der Waals surface area contributed by atoms with E-state index in [1.54, 1.807) is 19.1 Å². The lowest BCUT2D eigenvalue weighted by Crippen LogP contribution is -2.61. The first-order valence-electron chi connectivity index (χ1n) is 12.4. The standard InChI is InChI=1S/C26H32O13/c1-12-20-15(9-19(29)37-12)16(24(33)34-2)10-36-25(20)39-26-23(32)22(31)21(30)17(38-26)11-35-18(28)8-5-13-3-6-14(27)7-4-13/h3-8,10,12,15,17,19-23,25-27,29-32H,9,11H2,1-2H3/b8-5-/t12-,15+,17+,19-,20-,21+,22-,23+,25+,26-/m0/s1. The third-order valence-electron chi connectivity index (χ3n) is 6.93. The molecule has 13 heteroatoms. The highest BCUT2D eigenvalue weighted by Crippen LogP contribution is 2.42. The first kappa shape index (κ1) is 29.0. The minimum absolute atomic E-state index is 0.0603. The number of aliphatic hydroxyl groups is 4. The van der Waals surface area contributed by atoms with Crippen molar-refractivity contribution in [3.05, 3.63) is 47.7 Å².